The maximum Gasteiger partial charge on any atom is 0.240 e. The Labute approximate surface area is 132 Å². The smallest absolute Gasteiger partial charge is 0.240 e. The van der Waals surface area contributed by atoms with Crippen LogP contribution in [-0.2, 0) is 16.6 Å². The van der Waals surface area contributed by atoms with E-state index in [0.717, 1.165) is 22.5 Å². The highest BCUT2D eigenvalue weighted by Crippen LogP contribution is 2.16. The van der Waals surface area contributed by atoms with Gasteiger partial charge in [-0.25, -0.2) is 13.1 Å². The fourth-order valence-corrected chi connectivity index (χ4v) is 3.81. The highest BCUT2D eigenvalue weighted by Gasteiger charge is 2.16. The first-order chi connectivity index (χ1) is 10.3. The number of aryl methyl sites for hydroxylation is 5. The molecule has 0 aliphatic rings. The van der Waals surface area contributed by atoms with E-state index >= 15 is 0 Å². The Balaban J connectivity index is 1.96. The largest absolute Gasteiger partial charge is 0.270 e. The van der Waals surface area contributed by atoms with Crippen molar-refractivity contribution >= 4 is 10.0 Å². The lowest BCUT2D eigenvalue weighted by atomic mass is 10.2. The summed E-state index contributed by atoms with van der Waals surface area (Å²) in [5.41, 5.74) is 3.77. The minimum atomic E-state index is -3.45. The minimum absolute atomic E-state index is 0.360. The molecule has 0 aliphatic carbocycles. The Kier molecular flexibility index (Phi) is 5.03. The lowest BCUT2D eigenvalue weighted by molar-refractivity contribution is 0.544. The van der Waals surface area contributed by atoms with Gasteiger partial charge >= 0.3 is 0 Å². The quantitative estimate of drug-likeness (QED) is 0.831. The van der Waals surface area contributed by atoms with Gasteiger partial charge in [-0.1, -0.05) is 12.1 Å². The van der Waals surface area contributed by atoms with Gasteiger partial charge in [0.2, 0.25) is 10.0 Å². The normalized spacial score (nSPS) is 11.8. The zero-order chi connectivity index (χ0) is 16.3. The highest BCUT2D eigenvalue weighted by atomic mass is 32.2. The van der Waals surface area contributed by atoms with Gasteiger partial charge in [0.25, 0.3) is 0 Å². The SMILES string of the molecule is Cc1ccc(C)c(S(=O)(=O)NCCCn2nc(C)cc2C)c1. The van der Waals surface area contributed by atoms with E-state index < -0.39 is 10.0 Å². The summed E-state index contributed by atoms with van der Waals surface area (Å²) in [5, 5.41) is 4.37. The summed E-state index contributed by atoms with van der Waals surface area (Å²) in [6, 6.07) is 7.47. The first kappa shape index (κ1) is 16.7. The number of hydrogen-bond acceptors (Lipinski definition) is 3. The lowest BCUT2D eigenvalue weighted by Crippen LogP contribution is -2.26. The molecule has 120 valence electrons. The van der Waals surface area contributed by atoms with Crippen LogP contribution in [0.25, 0.3) is 0 Å². The Morgan fingerprint density at radius 3 is 2.50 bits per heavy atom. The molecule has 22 heavy (non-hydrogen) atoms. The van der Waals surface area contributed by atoms with Crippen LogP contribution >= 0.6 is 0 Å². The monoisotopic (exact) mass is 321 g/mol. The molecular formula is C16H23N3O2S. The third-order valence-corrected chi connectivity index (χ3v) is 5.18. The average Bonchev–Trinajstić information content (AvgIpc) is 2.76. The Morgan fingerprint density at radius 1 is 1.14 bits per heavy atom. The van der Waals surface area contributed by atoms with Crippen molar-refractivity contribution in [1.29, 1.82) is 0 Å². The predicted molar refractivity (Wildman–Crippen MR) is 87.4 cm³/mol. The molecule has 1 aromatic carbocycles. The summed E-state index contributed by atoms with van der Waals surface area (Å²) in [5.74, 6) is 0. The minimum Gasteiger partial charge on any atom is -0.270 e. The molecule has 0 unspecified atom stereocenters. The molecule has 0 bridgehead atoms. The van der Waals surface area contributed by atoms with Crippen LogP contribution in [0.5, 0.6) is 0 Å². The molecule has 5 nitrogen and oxygen atoms in total. The van der Waals surface area contributed by atoms with Crippen LogP contribution in [-0.4, -0.2) is 24.7 Å². The summed E-state index contributed by atoms with van der Waals surface area (Å²) >= 11 is 0. The van der Waals surface area contributed by atoms with Gasteiger partial charge in [0.05, 0.1) is 10.6 Å². The standard InChI is InChI=1S/C16H23N3O2S/c1-12-6-7-13(2)16(10-12)22(20,21)17-8-5-9-19-15(4)11-14(3)18-19/h6-7,10-11,17H,5,8-9H2,1-4H3. The van der Waals surface area contributed by atoms with Gasteiger partial charge in [0.1, 0.15) is 0 Å². The van der Waals surface area contributed by atoms with Crippen molar-refractivity contribution in [2.45, 2.75) is 45.6 Å². The molecule has 0 spiro atoms. The first-order valence-electron chi connectivity index (χ1n) is 7.37. The second-order valence-electron chi connectivity index (χ2n) is 5.67. The molecule has 2 rings (SSSR count). The van der Waals surface area contributed by atoms with E-state index in [1.165, 1.54) is 0 Å². The number of hydrogen-bond donors (Lipinski definition) is 1. The van der Waals surface area contributed by atoms with Gasteiger partial charge in [0, 0.05) is 18.8 Å². The fourth-order valence-electron chi connectivity index (χ4n) is 2.41. The third-order valence-electron chi connectivity index (χ3n) is 3.58. The van der Waals surface area contributed by atoms with E-state index in [-0.39, 0.29) is 0 Å². The van der Waals surface area contributed by atoms with E-state index in [1.807, 2.05) is 50.6 Å². The van der Waals surface area contributed by atoms with Gasteiger partial charge in [-0.2, -0.15) is 5.10 Å². The van der Waals surface area contributed by atoms with Crippen LogP contribution in [0.4, 0.5) is 0 Å². The molecule has 0 aliphatic heterocycles. The van der Waals surface area contributed by atoms with E-state index in [4.69, 9.17) is 0 Å². The molecule has 0 atom stereocenters. The van der Waals surface area contributed by atoms with Gasteiger partial charge in [-0.3, -0.25) is 4.68 Å². The first-order valence-corrected chi connectivity index (χ1v) is 8.86. The summed E-state index contributed by atoms with van der Waals surface area (Å²) in [6.45, 7) is 8.75. The molecule has 6 heteroatoms. The number of aromatic nitrogens is 2. The van der Waals surface area contributed by atoms with Crippen LogP contribution in [0.15, 0.2) is 29.2 Å². The van der Waals surface area contributed by atoms with Crippen molar-refractivity contribution in [3.05, 3.63) is 46.8 Å². The molecular weight excluding hydrogens is 298 g/mol. The Hall–Kier alpha value is -1.66. The lowest BCUT2D eigenvalue weighted by Gasteiger charge is -2.10. The van der Waals surface area contributed by atoms with Crippen LogP contribution in [0, 0.1) is 27.7 Å². The summed E-state index contributed by atoms with van der Waals surface area (Å²) in [6.07, 6.45) is 0.700. The van der Waals surface area contributed by atoms with Gasteiger partial charge in [0.15, 0.2) is 0 Å². The predicted octanol–water partition coefficient (Wildman–Crippen LogP) is 2.49. The molecule has 1 N–H and O–H groups in total. The van der Waals surface area contributed by atoms with Crippen LogP contribution in [0.3, 0.4) is 0 Å². The van der Waals surface area contributed by atoms with E-state index in [2.05, 4.69) is 9.82 Å². The summed E-state index contributed by atoms with van der Waals surface area (Å²) in [7, 11) is -3.45. The van der Waals surface area contributed by atoms with Crippen molar-refractivity contribution in [3.63, 3.8) is 0 Å². The van der Waals surface area contributed by atoms with Gasteiger partial charge < -0.3 is 0 Å². The third kappa shape index (κ3) is 3.96. The van der Waals surface area contributed by atoms with Crippen molar-refractivity contribution < 1.29 is 8.42 Å². The average molecular weight is 321 g/mol. The Morgan fingerprint density at radius 2 is 1.86 bits per heavy atom. The maximum absolute atomic E-state index is 12.4. The number of nitrogens with zero attached hydrogens (tertiary/aromatic N) is 2. The van der Waals surface area contributed by atoms with E-state index in [9.17, 15) is 8.42 Å². The molecule has 1 aromatic heterocycles. The summed E-state index contributed by atoms with van der Waals surface area (Å²) in [4.78, 5) is 0.360. The summed E-state index contributed by atoms with van der Waals surface area (Å²) < 4.78 is 29.3. The maximum atomic E-state index is 12.4. The number of benzene rings is 1. The number of sulfonamides is 1. The highest BCUT2D eigenvalue weighted by molar-refractivity contribution is 7.89. The van der Waals surface area contributed by atoms with E-state index in [1.54, 1.807) is 6.07 Å². The van der Waals surface area contributed by atoms with Gasteiger partial charge in [-0.15, -0.1) is 0 Å². The zero-order valence-corrected chi connectivity index (χ0v) is 14.4. The fraction of sp³-hybridized carbons (Fsp3) is 0.438. The molecule has 0 radical (unpaired) electrons. The van der Waals surface area contributed by atoms with Crippen molar-refractivity contribution in [2.75, 3.05) is 6.54 Å². The second kappa shape index (κ2) is 6.62. The Bertz CT molecular complexity index is 764. The topological polar surface area (TPSA) is 64.0 Å². The van der Waals surface area contributed by atoms with Crippen LogP contribution in [0.2, 0.25) is 0 Å². The van der Waals surface area contributed by atoms with E-state index in [0.29, 0.717) is 24.4 Å². The zero-order valence-electron chi connectivity index (χ0n) is 13.5. The molecule has 0 saturated heterocycles. The second-order valence-corrected chi connectivity index (χ2v) is 7.41. The molecule has 1 heterocycles. The van der Waals surface area contributed by atoms with Crippen molar-refractivity contribution in [2.24, 2.45) is 0 Å². The van der Waals surface area contributed by atoms with Crippen LogP contribution in [0.1, 0.15) is 28.9 Å². The van der Waals surface area contributed by atoms with Crippen LogP contribution < -0.4 is 4.72 Å². The molecule has 0 fully saturated rings. The van der Waals surface area contributed by atoms with Crippen molar-refractivity contribution in [1.82, 2.24) is 14.5 Å². The molecule has 0 saturated carbocycles. The molecule has 2 aromatic rings. The molecule has 0 amide bonds. The number of rotatable bonds is 6. The number of nitrogens with one attached hydrogen (secondary N) is 1. The van der Waals surface area contributed by atoms with Gasteiger partial charge in [-0.05, 0) is 57.4 Å². The van der Waals surface area contributed by atoms with Crippen molar-refractivity contribution in [3.8, 4) is 0 Å².